The maximum absolute atomic E-state index is 13.9. The smallest absolute Gasteiger partial charge is 0.310 e. The molecule has 0 bridgehead atoms. The maximum atomic E-state index is 13.9. The molecule has 202 valence electrons. The lowest BCUT2D eigenvalue weighted by Crippen LogP contribution is -2.55. The summed E-state index contributed by atoms with van der Waals surface area (Å²) in [4.78, 5) is 54.5. The summed E-state index contributed by atoms with van der Waals surface area (Å²) in [5.41, 5.74) is 0.393. The molecule has 2 aromatic carbocycles. The summed E-state index contributed by atoms with van der Waals surface area (Å²) in [6, 6.07) is 17.1. The number of hydrogen-bond donors (Lipinski definition) is 3. The van der Waals surface area contributed by atoms with Crippen LogP contribution in [0.5, 0.6) is 0 Å². The van der Waals surface area contributed by atoms with Crippen LogP contribution >= 0.6 is 0 Å². The summed E-state index contributed by atoms with van der Waals surface area (Å²) in [7, 11) is 0. The van der Waals surface area contributed by atoms with E-state index in [1.54, 1.807) is 6.07 Å². The van der Waals surface area contributed by atoms with Crippen LogP contribution < -0.4 is 16.0 Å². The van der Waals surface area contributed by atoms with Crippen molar-refractivity contribution in [2.75, 3.05) is 11.9 Å². The summed E-state index contributed by atoms with van der Waals surface area (Å²) in [5, 5.41) is 18.4. The minimum absolute atomic E-state index is 0.0206. The predicted molar refractivity (Wildman–Crippen MR) is 144 cm³/mol. The van der Waals surface area contributed by atoms with Crippen LogP contribution in [0.4, 0.5) is 5.69 Å². The van der Waals surface area contributed by atoms with Crippen molar-refractivity contribution >= 4 is 29.3 Å². The van der Waals surface area contributed by atoms with E-state index in [1.165, 1.54) is 4.90 Å². The van der Waals surface area contributed by atoms with Gasteiger partial charge in [0.2, 0.25) is 11.8 Å². The van der Waals surface area contributed by atoms with Crippen molar-refractivity contribution in [2.45, 2.75) is 69.5 Å². The first-order chi connectivity index (χ1) is 18.5. The molecule has 9 nitrogen and oxygen atoms in total. The first-order valence-corrected chi connectivity index (χ1v) is 13.3. The van der Waals surface area contributed by atoms with E-state index in [2.05, 4.69) is 22.0 Å². The van der Waals surface area contributed by atoms with Crippen molar-refractivity contribution in [2.24, 2.45) is 5.41 Å². The Morgan fingerprint density at radius 1 is 1.08 bits per heavy atom. The van der Waals surface area contributed by atoms with Gasteiger partial charge in [0.25, 0.3) is 0 Å². The molecule has 0 radical (unpaired) electrons. The number of para-hydroxylation sites is 1. The van der Waals surface area contributed by atoms with Crippen LogP contribution in [0.25, 0.3) is 0 Å². The molecule has 3 N–H and O–H groups in total. The molecular formula is C30H33N5O4. The molecule has 1 spiro atoms. The third-order valence-electron chi connectivity index (χ3n) is 7.97. The van der Waals surface area contributed by atoms with E-state index in [0.717, 1.165) is 24.0 Å². The zero-order valence-corrected chi connectivity index (χ0v) is 22.4. The van der Waals surface area contributed by atoms with Gasteiger partial charge in [-0.3, -0.25) is 19.2 Å². The summed E-state index contributed by atoms with van der Waals surface area (Å²) in [5.74, 6) is -2.42. The summed E-state index contributed by atoms with van der Waals surface area (Å²) in [6.07, 6.45) is 1.86. The minimum atomic E-state index is -1.04. The van der Waals surface area contributed by atoms with Crippen LogP contribution in [0, 0.1) is 16.7 Å². The van der Waals surface area contributed by atoms with Crippen molar-refractivity contribution in [1.82, 2.24) is 15.5 Å². The minimum Gasteiger partial charge on any atom is -0.338 e. The highest BCUT2D eigenvalue weighted by Gasteiger charge is 2.56. The molecule has 9 heteroatoms. The summed E-state index contributed by atoms with van der Waals surface area (Å²) >= 11 is 0. The number of rotatable bonds is 5. The van der Waals surface area contributed by atoms with Crippen LogP contribution in [0.3, 0.4) is 0 Å². The van der Waals surface area contributed by atoms with Gasteiger partial charge in [-0.15, -0.1) is 0 Å². The number of fused-ring (bicyclic) bond motifs is 2. The highest BCUT2D eigenvalue weighted by atomic mass is 16.2. The molecule has 1 aliphatic carbocycles. The third kappa shape index (κ3) is 4.87. The van der Waals surface area contributed by atoms with E-state index in [1.807, 2.05) is 69.3 Å². The Kier molecular flexibility index (Phi) is 6.45. The Bertz CT molecular complexity index is 1370. The van der Waals surface area contributed by atoms with E-state index < -0.39 is 40.8 Å². The van der Waals surface area contributed by atoms with Crippen LogP contribution in [0.1, 0.15) is 57.6 Å². The number of likely N-dealkylation sites (tertiary alicyclic amines) is 1. The second-order valence-corrected chi connectivity index (χ2v) is 12.1. The fourth-order valence-electron chi connectivity index (χ4n) is 5.86. The van der Waals surface area contributed by atoms with E-state index in [-0.39, 0.29) is 30.7 Å². The molecule has 0 aromatic heterocycles. The van der Waals surface area contributed by atoms with Crippen LogP contribution in [-0.4, -0.2) is 47.2 Å². The van der Waals surface area contributed by atoms with Crippen molar-refractivity contribution < 1.29 is 19.2 Å². The van der Waals surface area contributed by atoms with Gasteiger partial charge in [-0.05, 0) is 41.9 Å². The Morgan fingerprint density at radius 2 is 1.74 bits per heavy atom. The Morgan fingerprint density at radius 3 is 2.38 bits per heavy atom. The van der Waals surface area contributed by atoms with E-state index >= 15 is 0 Å². The highest BCUT2D eigenvalue weighted by Crippen LogP contribution is 2.47. The lowest BCUT2D eigenvalue weighted by atomic mass is 9.80. The second kappa shape index (κ2) is 9.53. The fraction of sp³-hybridized carbons (Fsp3) is 0.433. The molecular weight excluding hydrogens is 494 g/mol. The monoisotopic (exact) mass is 527 g/mol. The average molecular weight is 528 g/mol. The number of nitriles is 1. The number of carbonyl (C=O) groups is 4. The number of nitrogens with one attached hydrogen (secondary N) is 3. The molecule has 2 heterocycles. The Hall–Kier alpha value is -4.19. The lowest BCUT2D eigenvalue weighted by Gasteiger charge is -2.31. The predicted octanol–water partition coefficient (Wildman–Crippen LogP) is 2.73. The van der Waals surface area contributed by atoms with Gasteiger partial charge in [0.05, 0.1) is 17.0 Å². The van der Waals surface area contributed by atoms with Crippen LogP contribution in [0.2, 0.25) is 0 Å². The molecule has 1 saturated carbocycles. The van der Waals surface area contributed by atoms with Gasteiger partial charge in [-0.25, -0.2) is 0 Å². The van der Waals surface area contributed by atoms with Crippen LogP contribution in [-0.2, 0) is 30.1 Å². The number of hydrogen-bond acceptors (Lipinski definition) is 5. The quantitative estimate of drug-likeness (QED) is 0.515. The SMILES string of the molecule is CC(C)(C)C[C@H](NC(=O)C(=O)NC1(c2ccccc2)CC1)C(=O)N1C[C@]2(C[C@H]1C#N)C(=O)Nc1ccccc12. The molecule has 0 unspecified atom stereocenters. The molecule has 39 heavy (non-hydrogen) atoms. The van der Waals surface area contributed by atoms with Crippen LogP contribution in [0.15, 0.2) is 54.6 Å². The number of nitrogens with zero attached hydrogens (tertiary/aromatic N) is 2. The molecule has 2 aliphatic heterocycles. The average Bonchev–Trinajstić information content (AvgIpc) is 3.50. The summed E-state index contributed by atoms with van der Waals surface area (Å²) < 4.78 is 0. The first-order valence-electron chi connectivity index (χ1n) is 13.3. The molecule has 5 rings (SSSR count). The van der Waals surface area contributed by atoms with Gasteiger partial charge < -0.3 is 20.9 Å². The standard InChI is InChI=1S/C30H33N5O4/c1-28(2,3)16-23(32-24(36)25(37)34-30(13-14-30)19-9-5-4-6-10-19)26(38)35-18-29(15-20(35)17-31)21-11-7-8-12-22(21)33-27(29)39/h4-12,20,23H,13-16,18H2,1-3H3,(H,32,36)(H,33,39)(H,34,37)/t20-,23-,29-/m0/s1. The van der Waals surface area contributed by atoms with Gasteiger partial charge in [0.1, 0.15) is 12.1 Å². The van der Waals surface area contributed by atoms with E-state index in [0.29, 0.717) is 5.69 Å². The number of amides is 4. The molecule has 2 aromatic rings. The summed E-state index contributed by atoms with van der Waals surface area (Å²) in [6.45, 7) is 5.82. The zero-order valence-electron chi connectivity index (χ0n) is 22.4. The lowest BCUT2D eigenvalue weighted by molar-refractivity contribution is -0.143. The molecule has 3 atom stereocenters. The first kappa shape index (κ1) is 26.4. The van der Waals surface area contributed by atoms with E-state index in [9.17, 15) is 24.4 Å². The number of anilines is 1. The van der Waals surface area contributed by atoms with Gasteiger partial charge in [-0.2, -0.15) is 5.26 Å². The van der Waals surface area contributed by atoms with Crippen molar-refractivity contribution in [3.8, 4) is 6.07 Å². The number of benzene rings is 2. The Balaban J connectivity index is 1.35. The third-order valence-corrected chi connectivity index (χ3v) is 7.97. The molecule has 1 saturated heterocycles. The molecule has 3 aliphatic rings. The van der Waals surface area contributed by atoms with Gasteiger partial charge >= 0.3 is 11.8 Å². The zero-order chi connectivity index (χ0) is 28.0. The maximum Gasteiger partial charge on any atom is 0.310 e. The van der Waals surface area contributed by atoms with Gasteiger partial charge in [0, 0.05) is 18.7 Å². The van der Waals surface area contributed by atoms with Crippen molar-refractivity contribution in [1.29, 1.82) is 5.26 Å². The van der Waals surface area contributed by atoms with Crippen molar-refractivity contribution in [3.05, 3.63) is 65.7 Å². The second-order valence-electron chi connectivity index (χ2n) is 12.1. The van der Waals surface area contributed by atoms with E-state index in [4.69, 9.17) is 0 Å². The largest absolute Gasteiger partial charge is 0.338 e. The number of carbonyl (C=O) groups excluding carboxylic acids is 4. The van der Waals surface area contributed by atoms with Gasteiger partial charge in [-0.1, -0.05) is 69.3 Å². The van der Waals surface area contributed by atoms with Gasteiger partial charge in [0.15, 0.2) is 0 Å². The molecule has 4 amide bonds. The Labute approximate surface area is 227 Å². The topological polar surface area (TPSA) is 131 Å². The van der Waals surface area contributed by atoms with Crippen molar-refractivity contribution in [3.63, 3.8) is 0 Å². The molecule has 2 fully saturated rings. The normalized spacial score (nSPS) is 23.4. The fourth-order valence-corrected chi connectivity index (χ4v) is 5.86. The highest BCUT2D eigenvalue weighted by molar-refractivity contribution is 6.35.